The molecule has 2 heterocycles. The molecule has 0 N–H and O–H groups in total. The van der Waals surface area contributed by atoms with Crippen LogP contribution in [-0.4, -0.2) is 73.0 Å². The molecule has 4 rings (SSSR count). The first-order valence-electron chi connectivity index (χ1n) is 10.5. The number of ether oxygens (including phenoxy) is 1. The van der Waals surface area contributed by atoms with E-state index in [0.29, 0.717) is 43.6 Å². The zero-order chi connectivity index (χ0) is 25.9. The maximum absolute atomic E-state index is 12.7. The number of imide groups is 1. The van der Waals surface area contributed by atoms with Gasteiger partial charge in [-0.3, -0.25) is 29.4 Å². The number of morpholine rings is 1. The SMILES string of the molecule is O=C(CN1C(=O)S/C(=C\c2ccc(OS(=O)(=O)c3cccc([N+](=O)[O-])c3)cc2)C1=O)N1CCOCC1. The number of carbonyl (C=O) groups is 3. The summed E-state index contributed by atoms with van der Waals surface area (Å²) in [7, 11) is -4.32. The van der Waals surface area contributed by atoms with Crippen molar-refractivity contribution in [2.75, 3.05) is 32.8 Å². The summed E-state index contributed by atoms with van der Waals surface area (Å²) in [4.78, 5) is 49.8. The van der Waals surface area contributed by atoms with E-state index in [1.165, 1.54) is 47.4 Å². The standard InChI is InChI=1S/C22H19N3O9S2/c26-20(23-8-10-33-11-9-23)14-24-21(27)19(35-22(24)28)12-15-4-6-17(7-5-15)34-36(31,32)18-3-1-2-16(13-18)25(29)30/h1-7,12-13H,8-11,14H2/b19-12-. The quantitative estimate of drug-likeness (QED) is 0.224. The normalized spacial score (nSPS) is 17.5. The van der Waals surface area contributed by atoms with Crippen molar-refractivity contribution in [3.8, 4) is 5.75 Å². The number of non-ortho nitro benzene ring substituents is 1. The summed E-state index contributed by atoms with van der Waals surface area (Å²) in [6, 6.07) is 10.1. The minimum absolute atomic E-state index is 0.0529. The molecule has 2 fully saturated rings. The van der Waals surface area contributed by atoms with Crippen molar-refractivity contribution in [3.63, 3.8) is 0 Å². The van der Waals surface area contributed by atoms with E-state index in [1.54, 1.807) is 0 Å². The zero-order valence-corrected chi connectivity index (χ0v) is 20.2. The number of nitro groups is 1. The van der Waals surface area contributed by atoms with Crippen molar-refractivity contribution in [3.05, 3.63) is 69.1 Å². The monoisotopic (exact) mass is 533 g/mol. The summed E-state index contributed by atoms with van der Waals surface area (Å²) in [5, 5.41) is 10.3. The lowest BCUT2D eigenvalue weighted by Crippen LogP contribution is -2.46. The molecule has 0 aliphatic carbocycles. The van der Waals surface area contributed by atoms with E-state index < -0.39 is 31.9 Å². The molecule has 36 heavy (non-hydrogen) atoms. The minimum atomic E-state index is -4.32. The maximum Gasteiger partial charge on any atom is 0.339 e. The molecule has 2 saturated heterocycles. The molecule has 0 aromatic heterocycles. The summed E-state index contributed by atoms with van der Waals surface area (Å²) in [6.07, 6.45) is 1.45. The van der Waals surface area contributed by atoms with Gasteiger partial charge in [0.1, 0.15) is 17.2 Å². The van der Waals surface area contributed by atoms with Gasteiger partial charge in [-0.1, -0.05) is 18.2 Å². The smallest absolute Gasteiger partial charge is 0.339 e. The minimum Gasteiger partial charge on any atom is -0.379 e. The van der Waals surface area contributed by atoms with Crippen molar-refractivity contribution in [1.82, 2.24) is 9.80 Å². The molecule has 0 spiro atoms. The molecule has 3 amide bonds. The summed E-state index contributed by atoms with van der Waals surface area (Å²) < 4.78 is 35.2. The third kappa shape index (κ3) is 5.72. The van der Waals surface area contributed by atoms with Crippen LogP contribution in [0, 0.1) is 10.1 Å². The zero-order valence-electron chi connectivity index (χ0n) is 18.6. The molecule has 14 heteroatoms. The van der Waals surface area contributed by atoms with Gasteiger partial charge in [0, 0.05) is 25.2 Å². The highest BCUT2D eigenvalue weighted by atomic mass is 32.2. The number of hydrogen-bond acceptors (Lipinski definition) is 10. The van der Waals surface area contributed by atoms with Crippen molar-refractivity contribution in [1.29, 1.82) is 0 Å². The second-order valence-electron chi connectivity index (χ2n) is 7.62. The number of nitrogens with zero attached hydrogens (tertiary/aromatic N) is 3. The largest absolute Gasteiger partial charge is 0.379 e. The van der Waals surface area contributed by atoms with Crippen molar-refractivity contribution >= 4 is 50.7 Å². The van der Waals surface area contributed by atoms with Gasteiger partial charge in [0.05, 0.1) is 23.0 Å². The molecule has 2 aliphatic heterocycles. The summed E-state index contributed by atoms with van der Waals surface area (Å²) >= 11 is 0.701. The average molecular weight is 534 g/mol. The maximum atomic E-state index is 12.7. The van der Waals surface area contributed by atoms with E-state index in [0.717, 1.165) is 17.0 Å². The lowest BCUT2D eigenvalue weighted by Gasteiger charge is -2.28. The highest BCUT2D eigenvalue weighted by Gasteiger charge is 2.37. The van der Waals surface area contributed by atoms with E-state index in [9.17, 15) is 32.9 Å². The van der Waals surface area contributed by atoms with Crippen molar-refractivity contribution in [2.45, 2.75) is 4.90 Å². The number of carbonyl (C=O) groups excluding carboxylic acids is 3. The Morgan fingerprint density at radius 3 is 2.50 bits per heavy atom. The summed E-state index contributed by atoms with van der Waals surface area (Å²) in [5.74, 6) is -0.989. The van der Waals surface area contributed by atoms with Gasteiger partial charge in [0.15, 0.2) is 0 Å². The molecule has 2 aromatic carbocycles. The van der Waals surface area contributed by atoms with Gasteiger partial charge in [-0.2, -0.15) is 8.42 Å². The molecular formula is C22H19N3O9S2. The number of rotatable bonds is 7. The Morgan fingerprint density at radius 1 is 1.14 bits per heavy atom. The van der Waals surface area contributed by atoms with Crippen LogP contribution >= 0.6 is 11.8 Å². The Labute approximate surface area is 209 Å². The topological polar surface area (TPSA) is 153 Å². The molecule has 188 valence electrons. The first-order chi connectivity index (χ1) is 17.1. The molecule has 2 aromatic rings. The Kier molecular flexibility index (Phi) is 7.37. The van der Waals surface area contributed by atoms with Crippen LogP contribution in [0.15, 0.2) is 58.3 Å². The van der Waals surface area contributed by atoms with Gasteiger partial charge in [0.2, 0.25) is 5.91 Å². The Bertz CT molecular complexity index is 1350. The fourth-order valence-corrected chi connectivity index (χ4v) is 5.19. The highest BCUT2D eigenvalue weighted by molar-refractivity contribution is 8.18. The van der Waals surface area contributed by atoms with Gasteiger partial charge in [-0.25, -0.2) is 0 Å². The highest BCUT2D eigenvalue weighted by Crippen LogP contribution is 2.32. The summed E-state index contributed by atoms with van der Waals surface area (Å²) in [6.45, 7) is 1.25. The van der Waals surface area contributed by atoms with Crippen LogP contribution < -0.4 is 4.18 Å². The van der Waals surface area contributed by atoms with E-state index >= 15 is 0 Å². The first-order valence-corrected chi connectivity index (χ1v) is 12.8. The molecule has 0 bridgehead atoms. The van der Waals surface area contributed by atoms with Crippen LogP contribution in [0.5, 0.6) is 5.75 Å². The van der Waals surface area contributed by atoms with Crippen LogP contribution in [0.3, 0.4) is 0 Å². The van der Waals surface area contributed by atoms with Crippen LogP contribution in [-0.2, 0) is 24.4 Å². The Morgan fingerprint density at radius 2 is 1.83 bits per heavy atom. The number of benzene rings is 2. The molecule has 2 aliphatic rings. The number of thioether (sulfide) groups is 1. The number of nitro benzene ring substituents is 1. The summed E-state index contributed by atoms with van der Waals surface area (Å²) in [5.41, 5.74) is 0.0933. The second-order valence-corrected chi connectivity index (χ2v) is 10.2. The fourth-order valence-electron chi connectivity index (χ4n) is 3.38. The van der Waals surface area contributed by atoms with Crippen molar-refractivity contribution < 1.29 is 36.6 Å². The number of hydrogen-bond donors (Lipinski definition) is 0. The lowest BCUT2D eigenvalue weighted by atomic mass is 10.2. The van der Waals surface area contributed by atoms with Crippen molar-refractivity contribution in [2.24, 2.45) is 0 Å². The lowest BCUT2D eigenvalue weighted by molar-refractivity contribution is -0.385. The van der Waals surface area contributed by atoms with Gasteiger partial charge in [-0.15, -0.1) is 0 Å². The predicted octanol–water partition coefficient (Wildman–Crippen LogP) is 2.26. The van der Waals surface area contributed by atoms with Gasteiger partial charge < -0.3 is 13.8 Å². The van der Waals surface area contributed by atoms with Gasteiger partial charge >= 0.3 is 10.1 Å². The van der Waals surface area contributed by atoms with Crippen LogP contribution in [0.25, 0.3) is 6.08 Å². The molecule has 0 unspecified atom stereocenters. The predicted molar refractivity (Wildman–Crippen MR) is 127 cm³/mol. The third-order valence-corrected chi connectivity index (χ3v) is 7.38. The molecular weight excluding hydrogens is 514 g/mol. The number of amides is 3. The van der Waals surface area contributed by atoms with Gasteiger partial charge in [-0.05, 0) is 41.6 Å². The molecule has 12 nitrogen and oxygen atoms in total. The second kappa shape index (κ2) is 10.5. The van der Waals surface area contributed by atoms with Crippen LogP contribution in [0.1, 0.15) is 5.56 Å². The van der Waals surface area contributed by atoms with E-state index in [1.807, 2.05) is 0 Å². The third-order valence-electron chi connectivity index (χ3n) is 5.23. The van der Waals surface area contributed by atoms with E-state index in [-0.39, 0.29) is 28.0 Å². The van der Waals surface area contributed by atoms with Crippen LogP contribution in [0.2, 0.25) is 0 Å². The fraction of sp³-hybridized carbons (Fsp3) is 0.227. The molecule has 0 radical (unpaired) electrons. The van der Waals surface area contributed by atoms with Gasteiger partial charge in [0.25, 0.3) is 16.8 Å². The van der Waals surface area contributed by atoms with E-state index in [4.69, 9.17) is 8.92 Å². The van der Waals surface area contributed by atoms with Crippen LogP contribution in [0.4, 0.5) is 10.5 Å². The Balaban J connectivity index is 1.43. The van der Waals surface area contributed by atoms with E-state index in [2.05, 4.69) is 0 Å². The molecule has 0 atom stereocenters. The molecule has 0 saturated carbocycles. The Hall–Kier alpha value is -3.75. The first kappa shape index (κ1) is 25.3. The average Bonchev–Trinajstić information content (AvgIpc) is 3.13.